The number of hydrogen-bond acceptors (Lipinski definition) is 1. The maximum atomic E-state index is 7.86. The third-order valence-corrected chi connectivity index (χ3v) is 4.39. The predicted octanol–water partition coefficient (Wildman–Crippen LogP) is 2.69. The van der Waals surface area contributed by atoms with Gasteiger partial charge in [-0.05, 0) is 55.3 Å². The second-order valence-corrected chi connectivity index (χ2v) is 6.46. The monoisotopic (exact) mass is 182 g/mol. The number of nitrogens with two attached hydrogens (primary N) is 1. The third-order valence-electron chi connectivity index (χ3n) is 4.39. The summed E-state index contributed by atoms with van der Waals surface area (Å²) in [5.74, 6) is 0.562. The zero-order valence-corrected chi connectivity index (χ0v) is 8.40. The van der Waals surface area contributed by atoms with Crippen LogP contribution in [0.1, 0.15) is 56.4 Å². The topological polar surface area (TPSA) is 26.0 Å². The van der Waals surface area contributed by atoms with Crippen LogP contribution in [0, 0.1) is 16.7 Å². The molecule has 0 aromatic rings. The largest absolute Gasteiger partial charge is 0.325 e. The van der Waals surface area contributed by atoms with Gasteiger partial charge in [0, 0.05) is 9.65 Å². The van der Waals surface area contributed by atoms with E-state index in [9.17, 15) is 0 Å². The lowest BCUT2D eigenvalue weighted by molar-refractivity contribution is -0.104. The minimum atomic E-state index is -1.82. The summed E-state index contributed by atoms with van der Waals surface area (Å²) in [5, 5.41) is 0. The Morgan fingerprint density at radius 3 is 2.46 bits per heavy atom. The molecule has 0 aromatic heterocycles. The Hall–Kier alpha value is -0.0400. The zero-order valence-electron chi connectivity index (χ0n) is 11.4. The lowest BCUT2D eigenvalue weighted by Crippen LogP contribution is -2.62. The van der Waals surface area contributed by atoms with Gasteiger partial charge in [-0.15, -0.1) is 0 Å². The fourth-order valence-corrected chi connectivity index (χ4v) is 5.00. The Balaban J connectivity index is 2.05. The van der Waals surface area contributed by atoms with Crippen LogP contribution in [0.25, 0.3) is 0 Å². The molecule has 4 aliphatic carbocycles. The van der Waals surface area contributed by atoms with Crippen LogP contribution in [-0.2, 0) is 0 Å². The maximum absolute atomic E-state index is 7.86. The highest BCUT2D eigenvalue weighted by atomic mass is 14.8. The molecular formula is C12H21N. The lowest BCUT2D eigenvalue weighted by atomic mass is 9.43. The first-order valence-corrected chi connectivity index (χ1v) is 5.45. The van der Waals surface area contributed by atoms with Gasteiger partial charge in [0.05, 0.1) is 0 Å². The van der Waals surface area contributed by atoms with Gasteiger partial charge in [0.25, 0.3) is 0 Å². The Kier molecular flexibility index (Phi) is 0.874. The maximum Gasteiger partial charge on any atom is 0.0236 e. The van der Waals surface area contributed by atoms with Crippen molar-refractivity contribution in [1.29, 1.82) is 0 Å². The van der Waals surface area contributed by atoms with Gasteiger partial charge in [0.15, 0.2) is 0 Å². The molecule has 4 atom stereocenters. The highest BCUT2D eigenvalue weighted by molar-refractivity contribution is 5.12. The zero-order chi connectivity index (χ0) is 11.8. The molecule has 4 bridgehead atoms. The first-order valence-electron chi connectivity index (χ1n) is 6.95. The van der Waals surface area contributed by atoms with Crippen LogP contribution in [0.3, 0.4) is 0 Å². The highest BCUT2D eigenvalue weighted by Crippen LogP contribution is 2.65. The normalized spacial score (nSPS) is 68.8. The minimum absolute atomic E-state index is 0.178. The van der Waals surface area contributed by atoms with Gasteiger partial charge in [0.1, 0.15) is 0 Å². The van der Waals surface area contributed by atoms with E-state index < -0.39 is 12.3 Å². The summed E-state index contributed by atoms with van der Waals surface area (Å²) in [6.07, 6.45) is 5.77. The van der Waals surface area contributed by atoms with Gasteiger partial charge < -0.3 is 5.73 Å². The van der Waals surface area contributed by atoms with E-state index in [2.05, 4.69) is 6.92 Å². The molecular weight excluding hydrogens is 158 g/mol. The SMILES string of the molecule is [2H]C([2H])([2H])C12CC3CC(C)(CC(N)(C3)C1)C2. The van der Waals surface area contributed by atoms with Crippen molar-refractivity contribution in [1.82, 2.24) is 0 Å². The molecule has 0 aliphatic heterocycles. The third kappa shape index (κ3) is 1.09. The van der Waals surface area contributed by atoms with Crippen LogP contribution < -0.4 is 5.73 Å². The van der Waals surface area contributed by atoms with Crippen LogP contribution >= 0.6 is 0 Å². The molecule has 1 heteroatoms. The average Bonchev–Trinajstić information content (AvgIpc) is 1.92. The van der Waals surface area contributed by atoms with Gasteiger partial charge in [0.2, 0.25) is 0 Å². The Bertz CT molecular complexity index is 318. The summed E-state index contributed by atoms with van der Waals surface area (Å²) < 4.78 is 23.6. The van der Waals surface area contributed by atoms with Gasteiger partial charge in [-0.3, -0.25) is 0 Å². The molecule has 74 valence electrons. The van der Waals surface area contributed by atoms with Gasteiger partial charge in [-0.1, -0.05) is 13.8 Å². The fraction of sp³-hybridized carbons (Fsp3) is 1.00. The van der Waals surface area contributed by atoms with Crippen molar-refractivity contribution < 1.29 is 4.11 Å². The van der Waals surface area contributed by atoms with Crippen molar-refractivity contribution >= 4 is 0 Å². The molecule has 4 fully saturated rings. The summed E-state index contributed by atoms with van der Waals surface area (Å²) in [6, 6.07) is 0. The van der Waals surface area contributed by atoms with E-state index in [1.807, 2.05) is 0 Å². The van der Waals surface area contributed by atoms with Crippen molar-refractivity contribution in [2.24, 2.45) is 22.5 Å². The first kappa shape index (κ1) is 5.75. The van der Waals surface area contributed by atoms with Crippen molar-refractivity contribution in [3.05, 3.63) is 0 Å². The van der Waals surface area contributed by atoms with E-state index in [0.29, 0.717) is 5.92 Å². The summed E-state index contributed by atoms with van der Waals surface area (Å²) in [7, 11) is 0. The van der Waals surface area contributed by atoms with Crippen molar-refractivity contribution in [3.63, 3.8) is 0 Å². The van der Waals surface area contributed by atoms with Crippen LogP contribution in [0.2, 0.25) is 0 Å². The molecule has 0 aromatic carbocycles. The van der Waals surface area contributed by atoms with E-state index in [0.717, 1.165) is 32.1 Å². The molecule has 0 amide bonds. The van der Waals surface area contributed by atoms with E-state index >= 15 is 0 Å². The van der Waals surface area contributed by atoms with Crippen LogP contribution in [0.15, 0.2) is 0 Å². The van der Waals surface area contributed by atoms with Gasteiger partial charge in [-0.2, -0.15) is 0 Å². The Morgan fingerprint density at radius 2 is 1.85 bits per heavy atom. The highest BCUT2D eigenvalue weighted by Gasteiger charge is 2.58. The van der Waals surface area contributed by atoms with Crippen LogP contribution in [-0.4, -0.2) is 5.54 Å². The fourth-order valence-electron chi connectivity index (χ4n) is 5.00. The van der Waals surface area contributed by atoms with Crippen LogP contribution in [0.4, 0.5) is 0 Å². The molecule has 13 heavy (non-hydrogen) atoms. The van der Waals surface area contributed by atoms with Crippen molar-refractivity contribution in [3.8, 4) is 0 Å². The molecule has 4 rings (SSSR count). The number of hydrogen-bond donors (Lipinski definition) is 1. The molecule has 4 saturated carbocycles. The summed E-state index contributed by atoms with van der Waals surface area (Å²) in [6.45, 7) is 0.429. The molecule has 0 radical (unpaired) electrons. The Morgan fingerprint density at radius 1 is 1.15 bits per heavy atom. The van der Waals surface area contributed by atoms with E-state index in [1.165, 1.54) is 6.42 Å². The van der Waals surface area contributed by atoms with Gasteiger partial charge in [-0.25, -0.2) is 0 Å². The standard InChI is InChI=1S/C12H21N/c1-10-3-9-4-11(2,6-10)8-12(13,5-9)7-10/h9H,3-8,13H2,1-2H3/i1D3. The first-order chi connectivity index (χ1) is 7.16. The second-order valence-electron chi connectivity index (χ2n) is 6.46. The van der Waals surface area contributed by atoms with E-state index in [-0.39, 0.29) is 11.0 Å². The molecule has 0 spiro atoms. The molecule has 4 unspecified atom stereocenters. The summed E-state index contributed by atoms with van der Waals surface area (Å²) in [5.41, 5.74) is 5.99. The summed E-state index contributed by atoms with van der Waals surface area (Å²) in [4.78, 5) is 0. The van der Waals surface area contributed by atoms with Crippen molar-refractivity contribution in [2.75, 3.05) is 0 Å². The van der Waals surface area contributed by atoms with Gasteiger partial charge >= 0.3 is 0 Å². The Labute approximate surface area is 85.3 Å². The number of rotatable bonds is 0. The second kappa shape index (κ2) is 1.98. The summed E-state index contributed by atoms with van der Waals surface area (Å²) >= 11 is 0. The predicted molar refractivity (Wildman–Crippen MR) is 54.3 cm³/mol. The quantitative estimate of drug-likeness (QED) is 0.612. The molecule has 0 saturated heterocycles. The van der Waals surface area contributed by atoms with E-state index in [1.54, 1.807) is 0 Å². The molecule has 4 aliphatic rings. The van der Waals surface area contributed by atoms with Crippen molar-refractivity contribution in [2.45, 2.75) is 57.8 Å². The van der Waals surface area contributed by atoms with E-state index in [4.69, 9.17) is 9.85 Å². The molecule has 1 nitrogen and oxygen atoms in total. The minimum Gasteiger partial charge on any atom is -0.325 e. The average molecular weight is 182 g/mol. The molecule has 2 N–H and O–H groups in total. The smallest absolute Gasteiger partial charge is 0.0236 e. The van der Waals surface area contributed by atoms with Crippen LogP contribution in [0.5, 0.6) is 0 Å². The molecule has 0 heterocycles. The lowest BCUT2D eigenvalue weighted by Gasteiger charge is -2.64.